The summed E-state index contributed by atoms with van der Waals surface area (Å²) in [6.45, 7) is 3.32. The van der Waals surface area contributed by atoms with E-state index in [2.05, 4.69) is 10.2 Å². The summed E-state index contributed by atoms with van der Waals surface area (Å²) in [6.07, 6.45) is 2.35. The van der Waals surface area contributed by atoms with Crippen molar-refractivity contribution in [3.8, 4) is 23.0 Å². The van der Waals surface area contributed by atoms with Crippen LogP contribution in [0.25, 0.3) is 0 Å². The van der Waals surface area contributed by atoms with Crippen molar-refractivity contribution in [1.82, 2.24) is 10.2 Å². The first-order chi connectivity index (χ1) is 21.0. The molecule has 1 aliphatic rings. The van der Waals surface area contributed by atoms with Crippen molar-refractivity contribution in [3.05, 3.63) is 118 Å². The molecule has 1 atom stereocenters. The van der Waals surface area contributed by atoms with Crippen LogP contribution in [-0.4, -0.2) is 44.7 Å². The summed E-state index contributed by atoms with van der Waals surface area (Å²) in [4.78, 5) is 16.1. The third-order valence-electron chi connectivity index (χ3n) is 7.55. The lowest BCUT2D eigenvalue weighted by Gasteiger charge is -2.25. The molecule has 0 saturated carbocycles. The molecule has 1 heterocycles. The number of nitrogens with one attached hydrogen (secondary N) is 1. The lowest BCUT2D eigenvalue weighted by atomic mass is 10.1. The number of nitrogens with zero attached hydrogens (tertiary/aromatic N) is 1. The fourth-order valence-corrected chi connectivity index (χ4v) is 5.40. The minimum atomic E-state index is -0.269. The Balaban J connectivity index is 1.39. The number of amides is 1. The van der Waals surface area contributed by atoms with E-state index in [-0.39, 0.29) is 30.2 Å². The first-order valence-corrected chi connectivity index (χ1v) is 14.8. The Hall–Kier alpha value is -4.20. The monoisotopic (exact) mass is 600 g/mol. The van der Waals surface area contributed by atoms with E-state index in [4.69, 9.17) is 30.5 Å². The molecule has 0 aliphatic carbocycles. The van der Waals surface area contributed by atoms with Crippen LogP contribution in [0.15, 0.2) is 91.0 Å². The molecule has 0 radical (unpaired) electrons. The van der Waals surface area contributed by atoms with E-state index in [1.165, 1.54) is 12.8 Å². The molecule has 43 heavy (non-hydrogen) atoms. The van der Waals surface area contributed by atoms with Gasteiger partial charge in [0, 0.05) is 6.54 Å². The number of rotatable bonds is 13. The molecule has 7 nitrogen and oxygen atoms in total. The fraction of sp³-hybridized carbons (Fsp3) is 0.286. The van der Waals surface area contributed by atoms with Gasteiger partial charge in [-0.25, -0.2) is 0 Å². The van der Waals surface area contributed by atoms with E-state index in [1.807, 2.05) is 78.9 Å². The molecule has 5 rings (SSSR count). The highest BCUT2D eigenvalue weighted by molar-refractivity contribution is 6.35. The van der Waals surface area contributed by atoms with Crippen molar-refractivity contribution in [2.24, 2.45) is 0 Å². The van der Waals surface area contributed by atoms with E-state index in [1.54, 1.807) is 26.4 Å². The maximum atomic E-state index is 13.7. The van der Waals surface area contributed by atoms with E-state index in [0.717, 1.165) is 47.8 Å². The van der Waals surface area contributed by atoms with Crippen molar-refractivity contribution < 1.29 is 23.7 Å². The zero-order valence-corrected chi connectivity index (χ0v) is 25.3. The van der Waals surface area contributed by atoms with Crippen LogP contribution in [0.3, 0.4) is 0 Å². The minimum absolute atomic E-state index is 0.183. The van der Waals surface area contributed by atoms with Gasteiger partial charge in [0.1, 0.15) is 24.7 Å². The van der Waals surface area contributed by atoms with Gasteiger partial charge in [-0.1, -0.05) is 66.2 Å². The van der Waals surface area contributed by atoms with Crippen molar-refractivity contribution in [3.63, 3.8) is 0 Å². The zero-order chi connectivity index (χ0) is 30.0. The van der Waals surface area contributed by atoms with Crippen LogP contribution in [0.1, 0.15) is 45.9 Å². The van der Waals surface area contributed by atoms with Gasteiger partial charge in [-0.15, -0.1) is 0 Å². The molecule has 224 valence electrons. The number of methoxy groups -OCH3 is 2. The molecule has 1 N–H and O–H groups in total. The van der Waals surface area contributed by atoms with Crippen molar-refractivity contribution in [1.29, 1.82) is 0 Å². The molecular formula is C35H37ClN2O5. The second kappa shape index (κ2) is 14.8. The van der Waals surface area contributed by atoms with Gasteiger partial charge in [0.15, 0.2) is 11.5 Å². The quantitative estimate of drug-likeness (QED) is 0.177. The van der Waals surface area contributed by atoms with Gasteiger partial charge >= 0.3 is 0 Å². The van der Waals surface area contributed by atoms with E-state index in [0.29, 0.717) is 17.1 Å². The van der Waals surface area contributed by atoms with Crippen LogP contribution < -0.4 is 24.3 Å². The molecule has 1 aliphatic heterocycles. The molecule has 0 unspecified atom stereocenters. The summed E-state index contributed by atoms with van der Waals surface area (Å²) in [5.74, 6) is 2.01. The molecular weight excluding hydrogens is 564 g/mol. The highest BCUT2D eigenvalue weighted by Gasteiger charge is 2.25. The number of ether oxygens (including phenoxy) is 4. The average molecular weight is 601 g/mol. The van der Waals surface area contributed by atoms with Crippen LogP contribution in [0.4, 0.5) is 0 Å². The first kappa shape index (κ1) is 30.3. The number of carbonyl (C=O) groups excluding carboxylic acids is 1. The third kappa shape index (κ3) is 8.00. The molecule has 0 spiro atoms. The summed E-state index contributed by atoms with van der Waals surface area (Å²) in [5, 5.41) is 3.43. The molecule has 4 aromatic carbocycles. The van der Waals surface area contributed by atoms with E-state index in [9.17, 15) is 4.79 Å². The Bertz CT molecular complexity index is 1470. The topological polar surface area (TPSA) is 69.3 Å². The lowest BCUT2D eigenvalue weighted by molar-refractivity contribution is 0.0926. The Morgan fingerprint density at radius 2 is 1.37 bits per heavy atom. The highest BCUT2D eigenvalue weighted by atomic mass is 35.5. The zero-order valence-electron chi connectivity index (χ0n) is 24.6. The SMILES string of the molecule is COc1ccc(COc2ccc(C(=O)N[C@H](CN3CCCC3)c3ccccc3)c(Cl)c2OCc2ccc(OC)cc2)cc1. The van der Waals surface area contributed by atoms with Gasteiger partial charge in [-0.2, -0.15) is 0 Å². The predicted molar refractivity (Wildman–Crippen MR) is 168 cm³/mol. The largest absolute Gasteiger partial charge is 0.497 e. The number of hydrogen-bond acceptors (Lipinski definition) is 6. The second-order valence-corrected chi connectivity index (χ2v) is 10.9. The Morgan fingerprint density at radius 3 is 1.95 bits per heavy atom. The first-order valence-electron chi connectivity index (χ1n) is 14.5. The van der Waals surface area contributed by atoms with Crippen LogP contribution >= 0.6 is 11.6 Å². The summed E-state index contributed by atoms with van der Waals surface area (Å²) in [5.41, 5.74) is 3.25. The molecule has 0 aromatic heterocycles. The molecule has 8 heteroatoms. The fourth-order valence-electron chi connectivity index (χ4n) is 5.10. The smallest absolute Gasteiger partial charge is 0.253 e. The van der Waals surface area contributed by atoms with Gasteiger partial charge in [0.05, 0.1) is 30.8 Å². The predicted octanol–water partition coefficient (Wildman–Crippen LogP) is 7.08. The summed E-state index contributed by atoms with van der Waals surface area (Å²) in [6, 6.07) is 28.5. The third-order valence-corrected chi connectivity index (χ3v) is 7.92. The van der Waals surface area contributed by atoms with E-state index < -0.39 is 0 Å². The Morgan fingerprint density at radius 1 is 0.791 bits per heavy atom. The second-order valence-electron chi connectivity index (χ2n) is 10.5. The standard InChI is InChI=1S/C35H37ClN2O5/c1-40-28-14-10-25(11-15-28)23-42-32-19-18-30(33(36)34(32)43-24-26-12-16-29(41-2)17-13-26)35(39)37-31(22-38-20-6-7-21-38)27-8-4-3-5-9-27/h3-5,8-19,31H,6-7,20-24H2,1-2H3,(H,37,39)/t31-/m1/s1. The number of hydrogen-bond donors (Lipinski definition) is 1. The molecule has 4 aromatic rings. The van der Waals surface area contributed by atoms with Crippen LogP contribution in [0.2, 0.25) is 5.02 Å². The minimum Gasteiger partial charge on any atom is -0.497 e. The Kier molecular flexibility index (Phi) is 10.4. The summed E-state index contributed by atoms with van der Waals surface area (Å²) < 4.78 is 22.9. The van der Waals surface area contributed by atoms with Crippen LogP contribution in [0.5, 0.6) is 23.0 Å². The maximum absolute atomic E-state index is 13.7. The lowest BCUT2D eigenvalue weighted by Crippen LogP contribution is -2.37. The van der Waals surface area contributed by atoms with Gasteiger partial charge in [-0.3, -0.25) is 4.79 Å². The summed E-state index contributed by atoms with van der Waals surface area (Å²) in [7, 11) is 3.26. The van der Waals surface area contributed by atoms with E-state index >= 15 is 0 Å². The maximum Gasteiger partial charge on any atom is 0.253 e. The van der Waals surface area contributed by atoms with Crippen LogP contribution in [-0.2, 0) is 13.2 Å². The number of carbonyl (C=O) groups is 1. The normalized spacial score (nSPS) is 13.7. The van der Waals surface area contributed by atoms with Crippen LogP contribution in [0, 0.1) is 0 Å². The molecule has 0 bridgehead atoms. The number of halogens is 1. The van der Waals surface area contributed by atoms with Crippen molar-refractivity contribution in [2.45, 2.75) is 32.1 Å². The summed E-state index contributed by atoms with van der Waals surface area (Å²) >= 11 is 6.93. The van der Waals surface area contributed by atoms with Gasteiger partial charge in [-0.05, 0) is 79.0 Å². The molecule has 1 saturated heterocycles. The van der Waals surface area contributed by atoms with Gasteiger partial charge < -0.3 is 29.2 Å². The van der Waals surface area contributed by atoms with Gasteiger partial charge in [0.25, 0.3) is 5.91 Å². The highest BCUT2D eigenvalue weighted by Crippen LogP contribution is 2.39. The molecule has 1 amide bonds. The molecule has 1 fully saturated rings. The van der Waals surface area contributed by atoms with Gasteiger partial charge in [0.2, 0.25) is 0 Å². The number of benzene rings is 4. The average Bonchev–Trinajstić information content (AvgIpc) is 3.57. The van der Waals surface area contributed by atoms with Crippen molar-refractivity contribution in [2.75, 3.05) is 33.9 Å². The van der Waals surface area contributed by atoms with Crippen molar-refractivity contribution >= 4 is 17.5 Å². The number of likely N-dealkylation sites (tertiary alicyclic amines) is 1. The Labute approximate surface area is 258 Å².